The quantitative estimate of drug-likeness (QED) is 0.877. The molecular weight excluding hydrogens is 344 g/mol. The Morgan fingerprint density at radius 1 is 1.30 bits per heavy atom. The Morgan fingerprint density at radius 3 is 2.59 bits per heavy atom. The van der Waals surface area contributed by atoms with E-state index in [0.717, 1.165) is 29.9 Å². The molecule has 2 aliphatic rings. The van der Waals surface area contributed by atoms with Gasteiger partial charge in [-0.05, 0) is 39.7 Å². The summed E-state index contributed by atoms with van der Waals surface area (Å²) in [5.41, 5.74) is 1.73. The number of pyridine rings is 1. The largest absolute Gasteiger partial charge is 0.444 e. The lowest BCUT2D eigenvalue weighted by Crippen LogP contribution is -2.34. The molecule has 0 radical (unpaired) electrons. The number of rotatable bonds is 4. The summed E-state index contributed by atoms with van der Waals surface area (Å²) in [7, 11) is 3.73. The zero-order valence-electron chi connectivity index (χ0n) is 17.0. The maximum Gasteiger partial charge on any atom is 0.410 e. The highest BCUT2D eigenvalue weighted by molar-refractivity contribution is 5.99. The van der Waals surface area contributed by atoms with Crippen molar-refractivity contribution in [2.45, 2.75) is 71.2 Å². The topological polar surface area (TPSA) is 74.8 Å². The van der Waals surface area contributed by atoms with E-state index in [0.29, 0.717) is 24.7 Å². The highest BCUT2D eigenvalue weighted by Gasteiger charge is 2.29. The molecule has 1 aliphatic carbocycles. The van der Waals surface area contributed by atoms with Crippen molar-refractivity contribution in [2.24, 2.45) is 0 Å². The summed E-state index contributed by atoms with van der Waals surface area (Å²) >= 11 is 0. The van der Waals surface area contributed by atoms with Gasteiger partial charge in [-0.25, -0.2) is 9.78 Å². The molecule has 0 bridgehead atoms. The van der Waals surface area contributed by atoms with Crippen molar-refractivity contribution in [1.29, 1.82) is 0 Å². The van der Waals surface area contributed by atoms with E-state index in [9.17, 15) is 9.59 Å². The lowest BCUT2D eigenvalue weighted by molar-refractivity contribution is 0.0282. The Bertz CT molecular complexity index is 735. The third kappa shape index (κ3) is 4.34. The molecule has 27 heavy (non-hydrogen) atoms. The predicted molar refractivity (Wildman–Crippen MR) is 104 cm³/mol. The van der Waals surface area contributed by atoms with E-state index in [1.165, 1.54) is 17.7 Å². The fourth-order valence-corrected chi connectivity index (χ4v) is 3.69. The highest BCUT2D eigenvalue weighted by atomic mass is 16.6. The van der Waals surface area contributed by atoms with Gasteiger partial charge in [0.2, 0.25) is 0 Å². The van der Waals surface area contributed by atoms with Gasteiger partial charge in [-0.2, -0.15) is 0 Å². The summed E-state index contributed by atoms with van der Waals surface area (Å²) in [6.45, 7) is 6.28. The van der Waals surface area contributed by atoms with Crippen LogP contribution >= 0.6 is 0 Å². The molecule has 0 unspecified atom stereocenters. The molecule has 7 nitrogen and oxygen atoms in total. The second kappa shape index (κ2) is 7.37. The van der Waals surface area contributed by atoms with Gasteiger partial charge in [0.1, 0.15) is 11.4 Å². The van der Waals surface area contributed by atoms with E-state index in [1.807, 2.05) is 33.9 Å². The van der Waals surface area contributed by atoms with Gasteiger partial charge in [0.25, 0.3) is 5.91 Å². The van der Waals surface area contributed by atoms with Crippen LogP contribution in [-0.2, 0) is 17.8 Å². The highest BCUT2D eigenvalue weighted by Crippen LogP contribution is 2.30. The SMILES string of the molecule is CN(Cc1nc(N(C)C2CCCC2)cc2c1CNC2=O)C(=O)OC(C)(C)C. The molecule has 1 aliphatic heterocycles. The molecule has 0 atom stereocenters. The number of hydrogen-bond donors (Lipinski definition) is 1. The molecule has 0 saturated heterocycles. The fourth-order valence-electron chi connectivity index (χ4n) is 3.69. The normalized spacial score (nSPS) is 16.9. The summed E-state index contributed by atoms with van der Waals surface area (Å²) in [5, 5.41) is 2.87. The van der Waals surface area contributed by atoms with Gasteiger partial charge in [-0.3, -0.25) is 4.79 Å². The van der Waals surface area contributed by atoms with Crippen molar-refractivity contribution >= 4 is 17.8 Å². The monoisotopic (exact) mass is 374 g/mol. The van der Waals surface area contributed by atoms with Gasteiger partial charge in [-0.1, -0.05) is 12.8 Å². The van der Waals surface area contributed by atoms with Crippen molar-refractivity contribution in [3.63, 3.8) is 0 Å². The van der Waals surface area contributed by atoms with E-state index in [4.69, 9.17) is 9.72 Å². The maximum atomic E-state index is 12.3. The number of anilines is 1. The number of ether oxygens (including phenoxy) is 1. The Balaban J connectivity index is 1.86. The number of amides is 2. The average Bonchev–Trinajstić information content (AvgIpc) is 3.23. The maximum absolute atomic E-state index is 12.3. The fraction of sp³-hybridized carbons (Fsp3) is 0.650. The van der Waals surface area contributed by atoms with Crippen molar-refractivity contribution in [2.75, 3.05) is 19.0 Å². The second-order valence-electron chi connectivity index (χ2n) is 8.52. The summed E-state index contributed by atoms with van der Waals surface area (Å²) < 4.78 is 5.44. The first-order chi connectivity index (χ1) is 12.7. The van der Waals surface area contributed by atoms with Crippen LogP contribution in [0.5, 0.6) is 0 Å². The Hall–Kier alpha value is -2.31. The third-order valence-corrected chi connectivity index (χ3v) is 5.19. The number of nitrogens with zero attached hydrogens (tertiary/aromatic N) is 3. The molecule has 7 heteroatoms. The van der Waals surface area contributed by atoms with E-state index in [2.05, 4.69) is 10.2 Å². The average molecular weight is 374 g/mol. The first-order valence-corrected chi connectivity index (χ1v) is 9.63. The van der Waals surface area contributed by atoms with Crippen LogP contribution in [0.3, 0.4) is 0 Å². The number of nitrogens with one attached hydrogen (secondary N) is 1. The van der Waals surface area contributed by atoms with Crippen molar-refractivity contribution in [3.05, 3.63) is 22.9 Å². The zero-order valence-corrected chi connectivity index (χ0v) is 17.0. The molecule has 1 fully saturated rings. The van der Waals surface area contributed by atoms with Crippen LogP contribution in [0.15, 0.2) is 6.07 Å². The zero-order chi connectivity index (χ0) is 19.8. The Labute approximate surface area is 161 Å². The molecule has 2 heterocycles. The van der Waals surface area contributed by atoms with Gasteiger partial charge in [0.15, 0.2) is 0 Å². The van der Waals surface area contributed by atoms with Crippen LogP contribution in [0.1, 0.15) is 68.1 Å². The van der Waals surface area contributed by atoms with E-state index >= 15 is 0 Å². The van der Waals surface area contributed by atoms with Crippen LogP contribution in [0, 0.1) is 0 Å². The Kier molecular flexibility index (Phi) is 5.31. The smallest absolute Gasteiger partial charge is 0.410 e. The van der Waals surface area contributed by atoms with Crippen LogP contribution in [0.25, 0.3) is 0 Å². The van der Waals surface area contributed by atoms with E-state index < -0.39 is 11.7 Å². The number of hydrogen-bond acceptors (Lipinski definition) is 5. The predicted octanol–water partition coefficient (Wildman–Crippen LogP) is 3.07. The molecule has 1 saturated carbocycles. The van der Waals surface area contributed by atoms with Crippen LogP contribution in [0.2, 0.25) is 0 Å². The number of carbonyl (C=O) groups excluding carboxylic acids is 2. The minimum absolute atomic E-state index is 0.0744. The summed E-state index contributed by atoms with van der Waals surface area (Å²) in [4.78, 5) is 33.1. The van der Waals surface area contributed by atoms with Crippen molar-refractivity contribution in [1.82, 2.24) is 15.2 Å². The standard InChI is InChI=1S/C20H30N4O3/c1-20(2,3)27-19(26)23(4)12-16-15-11-21-18(25)14(15)10-17(22-16)24(5)13-8-6-7-9-13/h10,13H,6-9,11-12H2,1-5H3,(H,21,25). The number of fused-ring (bicyclic) bond motifs is 1. The molecular formula is C20H30N4O3. The molecule has 1 aromatic rings. The van der Waals surface area contributed by atoms with Crippen LogP contribution in [0.4, 0.5) is 10.6 Å². The summed E-state index contributed by atoms with van der Waals surface area (Å²) in [6.07, 6.45) is 4.36. The molecule has 2 amide bonds. The van der Waals surface area contributed by atoms with Gasteiger partial charge in [0.05, 0.1) is 12.2 Å². The third-order valence-electron chi connectivity index (χ3n) is 5.19. The van der Waals surface area contributed by atoms with E-state index in [-0.39, 0.29) is 5.91 Å². The van der Waals surface area contributed by atoms with Gasteiger partial charge < -0.3 is 19.9 Å². The van der Waals surface area contributed by atoms with E-state index in [1.54, 1.807) is 7.05 Å². The number of aromatic nitrogens is 1. The molecule has 3 rings (SSSR count). The summed E-state index contributed by atoms with van der Waals surface area (Å²) in [5.74, 6) is 0.722. The van der Waals surface area contributed by atoms with Crippen LogP contribution < -0.4 is 10.2 Å². The van der Waals surface area contributed by atoms with Crippen molar-refractivity contribution < 1.29 is 14.3 Å². The molecule has 0 aromatic carbocycles. The van der Waals surface area contributed by atoms with Gasteiger partial charge >= 0.3 is 6.09 Å². The molecule has 1 aromatic heterocycles. The number of carbonyl (C=O) groups is 2. The Morgan fingerprint density at radius 2 is 1.96 bits per heavy atom. The van der Waals surface area contributed by atoms with Crippen molar-refractivity contribution in [3.8, 4) is 0 Å². The minimum atomic E-state index is -0.553. The lowest BCUT2D eigenvalue weighted by Gasteiger charge is -2.28. The summed E-state index contributed by atoms with van der Waals surface area (Å²) in [6, 6.07) is 2.34. The van der Waals surface area contributed by atoms with Gasteiger partial charge in [-0.15, -0.1) is 0 Å². The second-order valence-corrected chi connectivity index (χ2v) is 8.52. The first-order valence-electron chi connectivity index (χ1n) is 9.63. The first kappa shape index (κ1) is 19.5. The van der Waals surface area contributed by atoms with Crippen LogP contribution in [-0.4, -0.2) is 47.6 Å². The lowest BCUT2D eigenvalue weighted by atomic mass is 10.1. The molecule has 0 spiro atoms. The molecule has 148 valence electrons. The minimum Gasteiger partial charge on any atom is -0.444 e. The van der Waals surface area contributed by atoms with Gasteiger partial charge in [0, 0.05) is 37.8 Å². The molecule has 1 N–H and O–H groups in total.